The fraction of sp³-hybridized carbons (Fsp3) is 0.414. The molecule has 0 aliphatic carbocycles. The summed E-state index contributed by atoms with van der Waals surface area (Å²) in [6, 6.07) is 6.40. The van der Waals surface area contributed by atoms with E-state index >= 15 is 4.39 Å². The number of methoxy groups -OCH3 is 1. The molecule has 1 fully saturated rings. The van der Waals surface area contributed by atoms with E-state index in [2.05, 4.69) is 16.8 Å². The zero-order valence-corrected chi connectivity index (χ0v) is 21.0. The molecule has 1 aliphatic rings. The lowest BCUT2D eigenvalue weighted by molar-refractivity contribution is 0.0344. The van der Waals surface area contributed by atoms with Crippen molar-refractivity contribution in [2.24, 2.45) is 5.41 Å². The van der Waals surface area contributed by atoms with Crippen LogP contribution in [-0.4, -0.2) is 48.3 Å². The van der Waals surface area contributed by atoms with E-state index in [4.69, 9.17) is 4.74 Å². The SMILES string of the molecule is COc1ccc2ncc(CF)c(C(F)CCC3(CO)CCN(CC#Cc4cc(F)cc(F)c4F)CC3)c2c1. The van der Waals surface area contributed by atoms with Gasteiger partial charge in [-0.05, 0) is 68.5 Å². The Balaban J connectivity index is 1.40. The minimum atomic E-state index is -1.45. The number of alkyl halides is 2. The molecule has 1 unspecified atom stereocenters. The molecule has 1 atom stereocenters. The molecular formula is C29H29F5N2O2. The van der Waals surface area contributed by atoms with Crippen LogP contribution in [0.4, 0.5) is 22.0 Å². The van der Waals surface area contributed by atoms with E-state index < -0.39 is 35.7 Å². The molecule has 1 aliphatic heterocycles. The van der Waals surface area contributed by atoms with Gasteiger partial charge in [-0.3, -0.25) is 9.88 Å². The third-order valence-electron chi connectivity index (χ3n) is 7.36. The quantitative estimate of drug-likeness (QED) is 0.218. The number of benzene rings is 2. The topological polar surface area (TPSA) is 45.6 Å². The molecule has 1 saturated heterocycles. The Labute approximate surface area is 218 Å². The average Bonchev–Trinajstić information content (AvgIpc) is 2.94. The van der Waals surface area contributed by atoms with Crippen molar-refractivity contribution >= 4 is 10.9 Å². The molecule has 4 rings (SSSR count). The molecule has 9 heteroatoms. The van der Waals surface area contributed by atoms with Crippen molar-refractivity contribution in [3.63, 3.8) is 0 Å². The number of aliphatic hydroxyl groups excluding tert-OH is 1. The van der Waals surface area contributed by atoms with Gasteiger partial charge < -0.3 is 9.84 Å². The molecule has 0 radical (unpaired) electrons. The highest BCUT2D eigenvalue weighted by atomic mass is 19.2. The van der Waals surface area contributed by atoms with Crippen molar-refractivity contribution in [3.8, 4) is 17.6 Å². The molecule has 0 bridgehead atoms. The highest BCUT2D eigenvalue weighted by molar-refractivity contribution is 5.85. The van der Waals surface area contributed by atoms with Crippen molar-refractivity contribution < 1.29 is 31.8 Å². The first-order valence-electron chi connectivity index (χ1n) is 12.4. The highest BCUT2D eigenvalue weighted by Gasteiger charge is 2.35. The van der Waals surface area contributed by atoms with E-state index in [1.807, 2.05) is 4.90 Å². The van der Waals surface area contributed by atoms with Crippen molar-refractivity contribution in [2.75, 3.05) is 33.4 Å². The van der Waals surface area contributed by atoms with Crippen LogP contribution in [0.3, 0.4) is 0 Å². The average molecular weight is 533 g/mol. The summed E-state index contributed by atoms with van der Waals surface area (Å²) in [6.45, 7) is 0.432. The molecule has 2 heterocycles. The molecule has 1 aromatic heterocycles. The van der Waals surface area contributed by atoms with Gasteiger partial charge in [0.15, 0.2) is 11.6 Å². The number of aromatic nitrogens is 1. The first kappa shape index (κ1) is 27.8. The monoisotopic (exact) mass is 532 g/mol. The Morgan fingerprint density at radius 1 is 1.16 bits per heavy atom. The van der Waals surface area contributed by atoms with Gasteiger partial charge in [-0.1, -0.05) is 11.8 Å². The van der Waals surface area contributed by atoms with Crippen LogP contribution in [0.15, 0.2) is 36.5 Å². The number of rotatable bonds is 8. The first-order chi connectivity index (χ1) is 18.3. The van der Waals surface area contributed by atoms with E-state index in [1.165, 1.54) is 13.3 Å². The Morgan fingerprint density at radius 2 is 1.92 bits per heavy atom. The van der Waals surface area contributed by atoms with Crippen LogP contribution < -0.4 is 4.74 Å². The molecule has 3 aromatic rings. The van der Waals surface area contributed by atoms with Crippen molar-refractivity contribution in [3.05, 3.63) is 70.7 Å². The maximum atomic E-state index is 15.7. The van der Waals surface area contributed by atoms with Crippen LogP contribution in [0.25, 0.3) is 10.9 Å². The summed E-state index contributed by atoms with van der Waals surface area (Å²) in [7, 11) is 1.50. The summed E-state index contributed by atoms with van der Waals surface area (Å²) in [4.78, 5) is 6.23. The van der Waals surface area contributed by atoms with E-state index in [9.17, 15) is 22.7 Å². The van der Waals surface area contributed by atoms with E-state index in [1.54, 1.807) is 18.2 Å². The van der Waals surface area contributed by atoms with Gasteiger partial charge in [-0.25, -0.2) is 22.0 Å². The van der Waals surface area contributed by atoms with Gasteiger partial charge in [0.1, 0.15) is 24.4 Å². The summed E-state index contributed by atoms with van der Waals surface area (Å²) in [5.74, 6) is 2.38. The predicted octanol–water partition coefficient (Wildman–Crippen LogP) is 6.05. The largest absolute Gasteiger partial charge is 0.497 e. The van der Waals surface area contributed by atoms with Gasteiger partial charge in [0.05, 0.1) is 24.7 Å². The van der Waals surface area contributed by atoms with Crippen molar-refractivity contribution in [2.45, 2.75) is 38.5 Å². The molecule has 1 N–H and O–H groups in total. The number of halogens is 5. The Morgan fingerprint density at radius 3 is 2.61 bits per heavy atom. The summed E-state index contributed by atoms with van der Waals surface area (Å²) < 4.78 is 75.2. The predicted molar refractivity (Wildman–Crippen MR) is 135 cm³/mol. The summed E-state index contributed by atoms with van der Waals surface area (Å²) in [6.07, 6.45) is 1.59. The number of piperidine rings is 1. The van der Waals surface area contributed by atoms with Crippen molar-refractivity contribution in [1.29, 1.82) is 0 Å². The standard InChI is InChI=1S/C29H29F5N2O2/c1-38-22-4-5-26-23(15-22)27(20(16-30)17-35-26)24(32)6-7-29(18-37)8-11-36(12-9-29)10-2-3-19-13-21(31)14-25(33)28(19)34/h4-5,13-15,17,24,37H,6-12,16,18H2,1H3. The number of fused-ring (bicyclic) bond motifs is 1. The molecule has 2 aromatic carbocycles. The van der Waals surface area contributed by atoms with Crippen LogP contribution in [0.1, 0.15) is 48.5 Å². The lowest BCUT2D eigenvalue weighted by atomic mass is 9.74. The van der Waals surface area contributed by atoms with Crippen LogP contribution in [-0.2, 0) is 6.67 Å². The van der Waals surface area contributed by atoms with Crippen molar-refractivity contribution in [1.82, 2.24) is 9.88 Å². The second-order valence-electron chi connectivity index (χ2n) is 9.71. The molecular weight excluding hydrogens is 503 g/mol. The molecule has 0 amide bonds. The van der Waals surface area contributed by atoms with Gasteiger partial charge in [-0.15, -0.1) is 0 Å². The summed E-state index contributed by atoms with van der Waals surface area (Å²) in [5.41, 5.74) is 0.167. The fourth-order valence-electron chi connectivity index (χ4n) is 4.98. The third-order valence-corrected chi connectivity index (χ3v) is 7.36. The zero-order chi connectivity index (χ0) is 27.3. The Kier molecular flexibility index (Phi) is 8.85. The van der Waals surface area contributed by atoms with Gasteiger partial charge in [0.2, 0.25) is 0 Å². The third kappa shape index (κ3) is 6.08. The lowest BCUT2D eigenvalue weighted by Gasteiger charge is -2.40. The molecule has 0 saturated carbocycles. The second-order valence-corrected chi connectivity index (χ2v) is 9.71. The first-order valence-corrected chi connectivity index (χ1v) is 12.4. The number of likely N-dealkylation sites (tertiary alicyclic amines) is 1. The number of ether oxygens (including phenoxy) is 1. The van der Waals surface area contributed by atoms with E-state index in [0.29, 0.717) is 55.1 Å². The summed E-state index contributed by atoms with van der Waals surface area (Å²) in [5, 5.41) is 10.7. The maximum absolute atomic E-state index is 15.7. The fourth-order valence-corrected chi connectivity index (χ4v) is 4.98. The van der Waals surface area contributed by atoms with E-state index in [0.717, 1.165) is 6.07 Å². The van der Waals surface area contributed by atoms with Crippen LogP contribution >= 0.6 is 0 Å². The molecule has 38 heavy (non-hydrogen) atoms. The zero-order valence-electron chi connectivity index (χ0n) is 21.0. The number of aliphatic hydroxyl groups is 1. The minimum absolute atomic E-state index is 0.105. The Bertz CT molecular complexity index is 1340. The number of hydrogen-bond acceptors (Lipinski definition) is 4. The lowest BCUT2D eigenvalue weighted by Crippen LogP contribution is -2.42. The number of pyridine rings is 1. The van der Waals surface area contributed by atoms with Gasteiger partial charge >= 0.3 is 0 Å². The molecule has 0 spiro atoms. The number of nitrogens with zero attached hydrogens (tertiary/aromatic N) is 2. The number of hydrogen-bond donors (Lipinski definition) is 1. The van der Waals surface area contributed by atoms with Gasteiger partial charge in [-0.2, -0.15) is 0 Å². The molecule has 4 nitrogen and oxygen atoms in total. The molecule has 202 valence electrons. The second kappa shape index (κ2) is 12.1. The normalized spacial score (nSPS) is 16.2. The smallest absolute Gasteiger partial charge is 0.174 e. The van der Waals surface area contributed by atoms with Crippen LogP contribution in [0.2, 0.25) is 0 Å². The summed E-state index contributed by atoms with van der Waals surface area (Å²) >= 11 is 0. The minimum Gasteiger partial charge on any atom is -0.497 e. The maximum Gasteiger partial charge on any atom is 0.174 e. The van der Waals surface area contributed by atoms with E-state index in [-0.39, 0.29) is 36.3 Å². The van der Waals surface area contributed by atoms with Crippen LogP contribution in [0, 0.1) is 34.7 Å². The Hall–Kier alpha value is -3.22. The highest BCUT2D eigenvalue weighted by Crippen LogP contribution is 2.41. The van der Waals surface area contributed by atoms with Crippen LogP contribution in [0.5, 0.6) is 5.75 Å². The van der Waals surface area contributed by atoms with Gasteiger partial charge in [0, 0.05) is 35.4 Å². The van der Waals surface area contributed by atoms with Gasteiger partial charge in [0.25, 0.3) is 0 Å².